The molecule has 11 heteroatoms. The number of ether oxygens (including phenoxy) is 4. The summed E-state index contributed by atoms with van der Waals surface area (Å²) in [6.07, 6.45) is 1.53. The molecule has 0 bridgehead atoms. The predicted octanol–water partition coefficient (Wildman–Crippen LogP) is 4.44. The number of benzene rings is 2. The molecule has 37 heavy (non-hydrogen) atoms. The Morgan fingerprint density at radius 3 is 2.35 bits per heavy atom. The second kappa shape index (κ2) is 12.1. The van der Waals surface area contributed by atoms with Crippen LogP contribution in [0.4, 0.5) is 10.5 Å². The van der Waals surface area contributed by atoms with E-state index in [4.69, 9.17) is 18.9 Å². The number of anilines is 1. The van der Waals surface area contributed by atoms with E-state index < -0.39 is 40.3 Å². The van der Waals surface area contributed by atoms with Gasteiger partial charge in [0.25, 0.3) is 0 Å². The zero-order valence-electron chi connectivity index (χ0n) is 21.0. The van der Waals surface area contributed by atoms with Gasteiger partial charge in [-0.05, 0) is 56.9 Å². The largest absolute Gasteiger partial charge is 0.514 e. The minimum Gasteiger partial charge on any atom is -0.458 e. The van der Waals surface area contributed by atoms with Crippen molar-refractivity contribution in [2.24, 2.45) is 5.92 Å². The molecular formula is C26H31NO9S. The van der Waals surface area contributed by atoms with Crippen molar-refractivity contribution in [3.63, 3.8) is 0 Å². The standard InChI is InChI=1S/C26H31NO9S/c1-26(2,3)36-25(30)35-22-12-11-20(27-37(31,32)14-13-18-9-10-18)15-21(22)24(29)34-17-23(28)33-16-19-7-5-4-6-8-19/h4-8,11-12,15,18,27H,9-10,13-14,16-17H2,1-3H3. The summed E-state index contributed by atoms with van der Waals surface area (Å²) in [6.45, 7) is 4.23. The Morgan fingerprint density at radius 2 is 1.70 bits per heavy atom. The van der Waals surface area contributed by atoms with Crippen LogP contribution in [0.5, 0.6) is 5.75 Å². The highest BCUT2D eigenvalue weighted by Crippen LogP contribution is 2.33. The van der Waals surface area contributed by atoms with Gasteiger partial charge in [-0.15, -0.1) is 0 Å². The third-order valence-electron chi connectivity index (χ3n) is 5.11. The Hall–Kier alpha value is -3.60. The van der Waals surface area contributed by atoms with Crippen LogP contribution in [0.25, 0.3) is 0 Å². The monoisotopic (exact) mass is 533 g/mol. The fourth-order valence-electron chi connectivity index (χ4n) is 3.14. The van der Waals surface area contributed by atoms with Crippen molar-refractivity contribution in [3.05, 3.63) is 59.7 Å². The van der Waals surface area contributed by atoms with Crippen molar-refractivity contribution in [1.82, 2.24) is 0 Å². The summed E-state index contributed by atoms with van der Waals surface area (Å²) < 4.78 is 47.7. The van der Waals surface area contributed by atoms with Gasteiger partial charge in [0.15, 0.2) is 6.61 Å². The highest BCUT2D eigenvalue weighted by Gasteiger charge is 2.26. The van der Waals surface area contributed by atoms with E-state index in [-0.39, 0.29) is 29.4 Å². The van der Waals surface area contributed by atoms with Gasteiger partial charge >= 0.3 is 18.1 Å². The van der Waals surface area contributed by atoms with Crippen LogP contribution in [0.15, 0.2) is 48.5 Å². The zero-order chi connectivity index (χ0) is 27.1. The van der Waals surface area contributed by atoms with Crippen molar-refractivity contribution >= 4 is 33.8 Å². The SMILES string of the molecule is CC(C)(C)OC(=O)Oc1ccc(NS(=O)(=O)CCC2CC2)cc1C(=O)OCC(=O)OCc1ccccc1. The maximum Gasteiger partial charge on any atom is 0.514 e. The van der Waals surface area contributed by atoms with Crippen molar-refractivity contribution in [2.75, 3.05) is 17.1 Å². The summed E-state index contributed by atoms with van der Waals surface area (Å²) in [4.78, 5) is 37.0. The molecule has 1 fully saturated rings. The first-order chi connectivity index (χ1) is 17.4. The van der Waals surface area contributed by atoms with E-state index in [1.807, 2.05) is 6.07 Å². The molecule has 0 aromatic heterocycles. The van der Waals surface area contributed by atoms with Gasteiger partial charge in [0, 0.05) is 5.69 Å². The van der Waals surface area contributed by atoms with Crippen LogP contribution in [-0.4, -0.2) is 44.5 Å². The van der Waals surface area contributed by atoms with Gasteiger partial charge in [0.05, 0.1) is 5.75 Å². The first kappa shape index (κ1) is 28.0. The number of carbonyl (C=O) groups is 3. The maximum absolute atomic E-state index is 12.8. The zero-order valence-corrected chi connectivity index (χ0v) is 21.8. The molecule has 0 radical (unpaired) electrons. The van der Waals surface area contributed by atoms with Crippen LogP contribution < -0.4 is 9.46 Å². The van der Waals surface area contributed by atoms with Gasteiger partial charge in [-0.3, -0.25) is 4.72 Å². The molecule has 2 aromatic carbocycles. The molecule has 1 aliphatic carbocycles. The maximum atomic E-state index is 12.8. The fourth-order valence-corrected chi connectivity index (χ4v) is 4.38. The smallest absolute Gasteiger partial charge is 0.458 e. The Bertz CT molecular complexity index is 1220. The Morgan fingerprint density at radius 1 is 1.00 bits per heavy atom. The molecule has 3 rings (SSSR count). The molecule has 0 heterocycles. The van der Waals surface area contributed by atoms with E-state index in [9.17, 15) is 22.8 Å². The molecule has 1 aliphatic rings. The summed E-state index contributed by atoms with van der Waals surface area (Å²) in [6, 6.07) is 12.7. The first-order valence-corrected chi connectivity index (χ1v) is 13.5. The van der Waals surface area contributed by atoms with E-state index in [1.165, 1.54) is 18.2 Å². The third-order valence-corrected chi connectivity index (χ3v) is 6.43. The van der Waals surface area contributed by atoms with Crippen molar-refractivity contribution < 1.29 is 41.7 Å². The van der Waals surface area contributed by atoms with Gasteiger partial charge in [-0.1, -0.05) is 43.2 Å². The van der Waals surface area contributed by atoms with Gasteiger partial charge in [-0.25, -0.2) is 22.8 Å². The number of carbonyl (C=O) groups excluding carboxylic acids is 3. The van der Waals surface area contributed by atoms with Crippen molar-refractivity contribution in [1.29, 1.82) is 0 Å². The van der Waals surface area contributed by atoms with Gasteiger partial charge < -0.3 is 18.9 Å². The van der Waals surface area contributed by atoms with E-state index in [0.29, 0.717) is 12.3 Å². The number of hydrogen-bond donors (Lipinski definition) is 1. The summed E-state index contributed by atoms with van der Waals surface area (Å²) in [7, 11) is -3.66. The summed E-state index contributed by atoms with van der Waals surface area (Å²) >= 11 is 0. The van der Waals surface area contributed by atoms with Crippen molar-refractivity contribution in [3.8, 4) is 5.75 Å². The summed E-state index contributed by atoms with van der Waals surface area (Å²) in [5.41, 5.74) is -0.288. The minimum atomic E-state index is -3.66. The highest BCUT2D eigenvalue weighted by molar-refractivity contribution is 7.92. The molecule has 10 nitrogen and oxygen atoms in total. The number of rotatable bonds is 11. The van der Waals surface area contributed by atoms with E-state index in [2.05, 4.69) is 4.72 Å². The lowest BCUT2D eigenvalue weighted by atomic mass is 10.2. The van der Waals surface area contributed by atoms with Gasteiger partial charge in [0.1, 0.15) is 23.5 Å². The lowest BCUT2D eigenvalue weighted by Gasteiger charge is -2.19. The van der Waals surface area contributed by atoms with E-state index in [0.717, 1.165) is 18.4 Å². The second-order valence-electron chi connectivity index (χ2n) is 9.65. The second-order valence-corrected chi connectivity index (χ2v) is 11.5. The average molecular weight is 534 g/mol. The van der Waals surface area contributed by atoms with Crippen LogP contribution in [0, 0.1) is 5.92 Å². The molecular weight excluding hydrogens is 502 g/mol. The molecule has 0 aliphatic heterocycles. The fraction of sp³-hybridized carbons (Fsp3) is 0.423. The predicted molar refractivity (Wildman–Crippen MR) is 135 cm³/mol. The number of esters is 2. The van der Waals surface area contributed by atoms with Crippen LogP contribution in [-0.2, 0) is 35.6 Å². The topological polar surface area (TPSA) is 134 Å². The van der Waals surface area contributed by atoms with Crippen LogP contribution in [0.3, 0.4) is 0 Å². The first-order valence-electron chi connectivity index (χ1n) is 11.8. The highest BCUT2D eigenvalue weighted by atomic mass is 32.2. The van der Waals surface area contributed by atoms with Crippen LogP contribution >= 0.6 is 0 Å². The quantitative estimate of drug-likeness (QED) is 0.253. The molecule has 0 spiro atoms. The van der Waals surface area contributed by atoms with Crippen LogP contribution in [0.2, 0.25) is 0 Å². The minimum absolute atomic E-state index is 0.00233. The lowest BCUT2D eigenvalue weighted by molar-refractivity contribution is -0.148. The molecule has 0 unspecified atom stereocenters. The van der Waals surface area contributed by atoms with E-state index in [1.54, 1.807) is 45.0 Å². The normalized spacial score (nSPS) is 13.4. The molecule has 0 amide bonds. The Kier molecular flexibility index (Phi) is 9.14. The lowest BCUT2D eigenvalue weighted by Crippen LogP contribution is -2.26. The molecule has 200 valence electrons. The number of hydrogen-bond acceptors (Lipinski definition) is 9. The molecule has 1 saturated carbocycles. The number of sulfonamides is 1. The molecule has 0 saturated heterocycles. The van der Waals surface area contributed by atoms with Gasteiger partial charge in [0.2, 0.25) is 10.0 Å². The molecule has 2 aromatic rings. The molecule has 1 N–H and O–H groups in total. The summed E-state index contributed by atoms with van der Waals surface area (Å²) in [5.74, 6) is -1.66. The Labute approximate surface area is 216 Å². The number of nitrogens with one attached hydrogen (secondary N) is 1. The Balaban J connectivity index is 1.69. The molecule has 0 atom stereocenters. The van der Waals surface area contributed by atoms with Crippen LogP contribution in [0.1, 0.15) is 56.0 Å². The average Bonchev–Trinajstić information content (AvgIpc) is 3.65. The van der Waals surface area contributed by atoms with E-state index >= 15 is 0 Å². The van der Waals surface area contributed by atoms with Crippen molar-refractivity contribution in [2.45, 2.75) is 52.2 Å². The third kappa shape index (κ3) is 10.1. The summed E-state index contributed by atoms with van der Waals surface area (Å²) in [5, 5.41) is 0. The van der Waals surface area contributed by atoms with Gasteiger partial charge in [-0.2, -0.15) is 0 Å².